The summed E-state index contributed by atoms with van der Waals surface area (Å²) >= 11 is 0. The molecule has 4 nitrogen and oxygen atoms in total. The molecule has 2 unspecified atom stereocenters. The number of nitrogens with zero attached hydrogens (tertiary/aromatic N) is 2. The van der Waals surface area contributed by atoms with Gasteiger partial charge in [0.25, 0.3) is 0 Å². The maximum Gasteiger partial charge on any atom is 0.0950 e. The van der Waals surface area contributed by atoms with E-state index in [1.54, 1.807) is 0 Å². The number of rotatable bonds is 4. The van der Waals surface area contributed by atoms with E-state index >= 15 is 0 Å². The van der Waals surface area contributed by atoms with Crippen molar-refractivity contribution >= 4 is 0 Å². The highest BCUT2D eigenvalue weighted by Gasteiger charge is 2.21. The minimum Gasteiger partial charge on any atom is -0.373 e. The van der Waals surface area contributed by atoms with Gasteiger partial charge in [0.15, 0.2) is 0 Å². The molecule has 15 heavy (non-hydrogen) atoms. The topological polar surface area (TPSA) is 53.1 Å². The van der Waals surface area contributed by atoms with Crippen molar-refractivity contribution < 1.29 is 4.74 Å². The van der Waals surface area contributed by atoms with Gasteiger partial charge in [-0.25, -0.2) is 4.98 Å². The molecule has 4 heteroatoms. The van der Waals surface area contributed by atoms with Gasteiger partial charge in [-0.2, -0.15) is 0 Å². The third-order valence-corrected chi connectivity index (χ3v) is 2.82. The molecule has 1 fully saturated rings. The van der Waals surface area contributed by atoms with Crippen molar-refractivity contribution in [2.45, 2.75) is 44.9 Å². The van der Waals surface area contributed by atoms with Crippen LogP contribution in [0.1, 0.15) is 25.5 Å². The van der Waals surface area contributed by atoms with Crippen LogP contribution >= 0.6 is 0 Å². The molecule has 0 radical (unpaired) electrons. The van der Waals surface area contributed by atoms with Crippen LogP contribution in [0.5, 0.6) is 0 Å². The first-order chi connectivity index (χ1) is 7.28. The Labute approximate surface area is 90.4 Å². The molecule has 84 valence electrons. The van der Waals surface area contributed by atoms with E-state index in [4.69, 9.17) is 10.5 Å². The van der Waals surface area contributed by atoms with Gasteiger partial charge in [0, 0.05) is 19.2 Å². The summed E-state index contributed by atoms with van der Waals surface area (Å²) in [5.74, 6) is 0. The van der Waals surface area contributed by atoms with Gasteiger partial charge in [0.05, 0.1) is 24.2 Å². The molecule has 2 heterocycles. The Morgan fingerprint density at radius 3 is 3.13 bits per heavy atom. The number of ether oxygens (including phenoxy) is 1. The van der Waals surface area contributed by atoms with Gasteiger partial charge in [0.2, 0.25) is 0 Å². The molecule has 1 aliphatic heterocycles. The highest BCUT2D eigenvalue weighted by Crippen LogP contribution is 2.20. The molecule has 0 aliphatic carbocycles. The summed E-state index contributed by atoms with van der Waals surface area (Å²) in [6, 6.07) is 0. The molecule has 1 aromatic heterocycles. The summed E-state index contributed by atoms with van der Waals surface area (Å²) in [5.41, 5.74) is 6.55. The van der Waals surface area contributed by atoms with E-state index in [-0.39, 0.29) is 0 Å². The Hall–Kier alpha value is -0.870. The minimum atomic E-state index is 0.361. The third-order valence-electron chi connectivity index (χ3n) is 2.82. The number of hydrogen-bond acceptors (Lipinski definition) is 3. The Morgan fingerprint density at radius 1 is 1.60 bits per heavy atom. The SMILES string of the molecule is CC1CCC(Cn2cnc(CCN)c2)O1. The number of aromatic nitrogens is 2. The number of nitrogens with two attached hydrogens (primary N) is 1. The highest BCUT2D eigenvalue weighted by molar-refractivity contribution is 4.97. The van der Waals surface area contributed by atoms with Crippen molar-refractivity contribution in [2.24, 2.45) is 5.73 Å². The maximum absolute atomic E-state index is 5.76. The average Bonchev–Trinajstić information content (AvgIpc) is 2.78. The second-order valence-corrected chi connectivity index (χ2v) is 4.25. The molecule has 2 rings (SSSR count). The highest BCUT2D eigenvalue weighted by atomic mass is 16.5. The van der Waals surface area contributed by atoms with E-state index in [0.29, 0.717) is 18.8 Å². The molecule has 0 spiro atoms. The van der Waals surface area contributed by atoms with E-state index in [9.17, 15) is 0 Å². The van der Waals surface area contributed by atoms with Crippen molar-refractivity contribution in [1.82, 2.24) is 9.55 Å². The standard InChI is InChI=1S/C11H19N3O/c1-9-2-3-11(15-9)7-14-6-10(4-5-12)13-8-14/h6,8-9,11H,2-5,7,12H2,1H3. The monoisotopic (exact) mass is 209 g/mol. The number of hydrogen-bond donors (Lipinski definition) is 1. The lowest BCUT2D eigenvalue weighted by Crippen LogP contribution is -2.15. The van der Waals surface area contributed by atoms with Crippen molar-refractivity contribution in [3.63, 3.8) is 0 Å². The fourth-order valence-electron chi connectivity index (χ4n) is 2.04. The summed E-state index contributed by atoms with van der Waals surface area (Å²) in [6.07, 6.45) is 7.91. The van der Waals surface area contributed by atoms with Gasteiger partial charge in [-0.3, -0.25) is 0 Å². The molecule has 0 amide bonds. The summed E-state index contributed by atoms with van der Waals surface area (Å²) in [4.78, 5) is 4.29. The summed E-state index contributed by atoms with van der Waals surface area (Å²) in [7, 11) is 0. The zero-order valence-corrected chi connectivity index (χ0v) is 9.22. The molecule has 1 saturated heterocycles. The van der Waals surface area contributed by atoms with Crippen LogP contribution in [0.25, 0.3) is 0 Å². The molecule has 1 aliphatic rings. The van der Waals surface area contributed by atoms with E-state index in [1.807, 2.05) is 6.33 Å². The van der Waals surface area contributed by atoms with Gasteiger partial charge >= 0.3 is 0 Å². The molecular weight excluding hydrogens is 190 g/mol. The van der Waals surface area contributed by atoms with Crippen LogP contribution in [0.4, 0.5) is 0 Å². The second kappa shape index (κ2) is 4.77. The largest absolute Gasteiger partial charge is 0.373 e. The molecule has 0 saturated carbocycles. The average molecular weight is 209 g/mol. The second-order valence-electron chi connectivity index (χ2n) is 4.25. The van der Waals surface area contributed by atoms with Gasteiger partial charge in [-0.1, -0.05) is 0 Å². The van der Waals surface area contributed by atoms with Gasteiger partial charge < -0.3 is 15.0 Å². The maximum atomic E-state index is 5.76. The first-order valence-electron chi connectivity index (χ1n) is 5.64. The number of imidazole rings is 1. The van der Waals surface area contributed by atoms with Crippen molar-refractivity contribution in [1.29, 1.82) is 0 Å². The van der Waals surface area contributed by atoms with Crippen molar-refractivity contribution in [3.05, 3.63) is 18.2 Å². The zero-order valence-electron chi connectivity index (χ0n) is 9.22. The molecule has 2 N–H and O–H groups in total. The zero-order chi connectivity index (χ0) is 10.7. The van der Waals surface area contributed by atoms with E-state index in [0.717, 1.165) is 25.1 Å². The van der Waals surface area contributed by atoms with Crippen LogP contribution in [0.15, 0.2) is 12.5 Å². The van der Waals surface area contributed by atoms with Crippen LogP contribution in [-0.2, 0) is 17.7 Å². The van der Waals surface area contributed by atoms with Crippen LogP contribution in [-0.4, -0.2) is 28.3 Å². The minimum absolute atomic E-state index is 0.361. The Bertz CT molecular complexity index is 311. The fraction of sp³-hybridized carbons (Fsp3) is 0.727. The lowest BCUT2D eigenvalue weighted by Gasteiger charge is -2.11. The van der Waals surface area contributed by atoms with Crippen LogP contribution < -0.4 is 5.73 Å². The first-order valence-corrected chi connectivity index (χ1v) is 5.64. The quantitative estimate of drug-likeness (QED) is 0.803. The normalized spacial score (nSPS) is 26.0. The smallest absolute Gasteiger partial charge is 0.0950 e. The molecule has 2 atom stereocenters. The lowest BCUT2D eigenvalue weighted by atomic mass is 10.2. The third kappa shape index (κ3) is 2.79. The van der Waals surface area contributed by atoms with E-state index in [2.05, 4.69) is 22.7 Å². The van der Waals surface area contributed by atoms with Crippen molar-refractivity contribution in [2.75, 3.05) is 6.54 Å². The predicted molar refractivity (Wildman–Crippen MR) is 58.6 cm³/mol. The van der Waals surface area contributed by atoms with Gasteiger partial charge in [0.1, 0.15) is 0 Å². The fourth-order valence-corrected chi connectivity index (χ4v) is 2.04. The summed E-state index contributed by atoms with van der Waals surface area (Å²) in [5, 5.41) is 0. The Kier molecular flexibility index (Phi) is 3.38. The predicted octanol–water partition coefficient (Wildman–Crippen LogP) is 0.952. The van der Waals surface area contributed by atoms with E-state index in [1.165, 1.54) is 6.42 Å². The Balaban J connectivity index is 1.87. The van der Waals surface area contributed by atoms with E-state index < -0.39 is 0 Å². The molecule has 0 bridgehead atoms. The van der Waals surface area contributed by atoms with Crippen LogP contribution in [0.3, 0.4) is 0 Å². The lowest BCUT2D eigenvalue weighted by molar-refractivity contribution is 0.0458. The molecular formula is C11H19N3O. The van der Waals surface area contributed by atoms with Crippen LogP contribution in [0.2, 0.25) is 0 Å². The summed E-state index contributed by atoms with van der Waals surface area (Å²) in [6.45, 7) is 3.71. The Morgan fingerprint density at radius 2 is 2.47 bits per heavy atom. The van der Waals surface area contributed by atoms with Gasteiger partial charge in [-0.05, 0) is 26.3 Å². The molecule has 0 aromatic carbocycles. The first kappa shape index (κ1) is 10.6. The summed E-state index contributed by atoms with van der Waals surface area (Å²) < 4.78 is 7.87. The molecule has 1 aromatic rings. The van der Waals surface area contributed by atoms with Crippen molar-refractivity contribution in [3.8, 4) is 0 Å². The van der Waals surface area contributed by atoms with Crippen LogP contribution in [0, 0.1) is 0 Å². The van der Waals surface area contributed by atoms with Gasteiger partial charge in [-0.15, -0.1) is 0 Å².